The Labute approximate surface area is 257 Å². The summed E-state index contributed by atoms with van der Waals surface area (Å²) in [6, 6.07) is 21.4. The van der Waals surface area contributed by atoms with Crippen LogP contribution in [0.5, 0.6) is 5.75 Å². The number of rotatable bonds is 11. The molecule has 224 valence electrons. The minimum atomic E-state index is -0.400. The van der Waals surface area contributed by atoms with Crippen LogP contribution in [0.1, 0.15) is 81.4 Å². The molecule has 1 amide bonds. The molecule has 0 saturated heterocycles. The van der Waals surface area contributed by atoms with E-state index in [0.717, 1.165) is 29.7 Å². The molecule has 9 heteroatoms. The number of tetrazole rings is 1. The number of ketones is 1. The fourth-order valence-corrected chi connectivity index (χ4v) is 6.22. The molecule has 3 aromatic carbocycles. The largest absolute Gasteiger partial charge is 0.483 e. The first-order chi connectivity index (χ1) is 20.5. The Kier molecular flexibility index (Phi) is 8.74. The SMILES string of the molecule is CCC(C)(C)c1ccc(OCC(=O)Nc2cccc3c2C(=O)C(Sc2nnnn2-c2ccccc2)C3)c(C(C)(C)CC)c1. The van der Waals surface area contributed by atoms with Crippen LogP contribution in [0, 0.1) is 0 Å². The number of aromatic nitrogens is 4. The third kappa shape index (κ3) is 6.37. The number of hydrogen-bond acceptors (Lipinski definition) is 7. The third-order valence-corrected chi connectivity index (χ3v) is 9.81. The van der Waals surface area contributed by atoms with Gasteiger partial charge in [-0.1, -0.05) is 95.8 Å². The van der Waals surface area contributed by atoms with E-state index >= 15 is 0 Å². The summed E-state index contributed by atoms with van der Waals surface area (Å²) in [7, 11) is 0. The molecule has 1 heterocycles. The Morgan fingerprint density at radius 3 is 2.47 bits per heavy atom. The first-order valence-corrected chi connectivity index (χ1v) is 15.7. The van der Waals surface area contributed by atoms with Gasteiger partial charge in [0, 0.05) is 11.1 Å². The summed E-state index contributed by atoms with van der Waals surface area (Å²) < 4.78 is 7.76. The van der Waals surface area contributed by atoms with Gasteiger partial charge in [-0.2, -0.15) is 4.68 Å². The van der Waals surface area contributed by atoms with Crippen molar-refractivity contribution in [1.82, 2.24) is 20.2 Å². The number of nitrogens with zero attached hydrogens (tertiary/aromatic N) is 4. The van der Waals surface area contributed by atoms with E-state index in [1.54, 1.807) is 10.7 Å². The minimum absolute atomic E-state index is 0.0403. The van der Waals surface area contributed by atoms with Crippen molar-refractivity contribution in [2.24, 2.45) is 0 Å². The van der Waals surface area contributed by atoms with Crippen molar-refractivity contribution in [1.29, 1.82) is 0 Å². The zero-order valence-electron chi connectivity index (χ0n) is 25.7. The second kappa shape index (κ2) is 12.3. The highest BCUT2D eigenvalue weighted by atomic mass is 32.2. The molecule has 0 spiro atoms. The Bertz CT molecular complexity index is 1630. The summed E-state index contributed by atoms with van der Waals surface area (Å²) in [4.78, 5) is 26.7. The highest BCUT2D eigenvalue weighted by Crippen LogP contribution is 2.39. The molecule has 1 unspecified atom stereocenters. The van der Waals surface area contributed by atoms with E-state index in [-0.39, 0.29) is 29.1 Å². The number of anilines is 1. The highest BCUT2D eigenvalue weighted by molar-refractivity contribution is 8.00. The average Bonchev–Trinajstić information content (AvgIpc) is 3.61. The van der Waals surface area contributed by atoms with Gasteiger partial charge in [-0.05, 0) is 75.9 Å². The van der Waals surface area contributed by atoms with Gasteiger partial charge >= 0.3 is 0 Å². The summed E-state index contributed by atoms with van der Waals surface area (Å²) in [5.74, 6) is 0.337. The van der Waals surface area contributed by atoms with Crippen LogP contribution in [0.25, 0.3) is 5.69 Å². The molecule has 1 atom stereocenters. The maximum absolute atomic E-state index is 13.6. The van der Waals surface area contributed by atoms with E-state index < -0.39 is 5.25 Å². The maximum atomic E-state index is 13.6. The predicted molar refractivity (Wildman–Crippen MR) is 170 cm³/mol. The summed E-state index contributed by atoms with van der Waals surface area (Å²) in [5.41, 5.74) is 5.01. The molecule has 43 heavy (non-hydrogen) atoms. The van der Waals surface area contributed by atoms with Gasteiger partial charge in [0.1, 0.15) is 5.75 Å². The van der Waals surface area contributed by atoms with Crippen molar-refractivity contribution in [3.05, 3.63) is 89.0 Å². The van der Waals surface area contributed by atoms with Gasteiger partial charge in [-0.15, -0.1) is 5.10 Å². The van der Waals surface area contributed by atoms with Gasteiger partial charge in [0.15, 0.2) is 12.4 Å². The smallest absolute Gasteiger partial charge is 0.262 e. The van der Waals surface area contributed by atoms with E-state index in [1.165, 1.54) is 17.3 Å². The number of amides is 1. The normalized spacial score (nSPS) is 14.9. The molecule has 0 saturated carbocycles. The highest BCUT2D eigenvalue weighted by Gasteiger charge is 2.35. The van der Waals surface area contributed by atoms with E-state index in [1.807, 2.05) is 48.5 Å². The van der Waals surface area contributed by atoms with Crippen molar-refractivity contribution in [2.75, 3.05) is 11.9 Å². The standard InChI is InChI=1S/C34H39N5O3S/c1-7-33(3,4)23-17-18-27(25(20-23)34(5,6)8-2)42-21-29(40)35-26-16-12-13-22-19-28(31(41)30(22)26)43-32-36-37-38-39(32)24-14-10-9-11-15-24/h9-18,20,28H,7-8,19,21H2,1-6H3,(H,35,40). The van der Waals surface area contributed by atoms with Gasteiger partial charge in [0.05, 0.1) is 16.6 Å². The van der Waals surface area contributed by atoms with Crippen molar-refractivity contribution >= 4 is 29.1 Å². The van der Waals surface area contributed by atoms with Gasteiger partial charge in [-0.25, -0.2) is 0 Å². The van der Waals surface area contributed by atoms with E-state index in [9.17, 15) is 9.59 Å². The summed E-state index contributed by atoms with van der Waals surface area (Å²) >= 11 is 1.33. The summed E-state index contributed by atoms with van der Waals surface area (Å²) in [5, 5.41) is 15.2. The zero-order chi connectivity index (χ0) is 30.8. The molecule has 5 rings (SSSR count). The quantitative estimate of drug-likeness (QED) is 0.200. The fraction of sp³-hybridized carbons (Fsp3) is 0.382. The van der Waals surface area contributed by atoms with Crippen LogP contribution >= 0.6 is 11.8 Å². The van der Waals surface area contributed by atoms with Crippen LogP contribution in [0.2, 0.25) is 0 Å². The number of fused-ring (bicyclic) bond motifs is 1. The Morgan fingerprint density at radius 2 is 1.74 bits per heavy atom. The van der Waals surface area contributed by atoms with Crippen molar-refractivity contribution < 1.29 is 14.3 Å². The monoisotopic (exact) mass is 597 g/mol. The lowest BCUT2D eigenvalue weighted by atomic mass is 9.76. The topological polar surface area (TPSA) is 99.0 Å². The number of hydrogen-bond donors (Lipinski definition) is 1. The number of carbonyl (C=O) groups excluding carboxylic acids is 2. The molecule has 0 radical (unpaired) electrons. The second-order valence-corrected chi connectivity index (χ2v) is 13.4. The van der Waals surface area contributed by atoms with Crippen molar-refractivity contribution in [2.45, 2.75) is 82.0 Å². The molecule has 1 aliphatic rings. The third-order valence-electron chi connectivity index (χ3n) is 8.68. The van der Waals surface area contributed by atoms with Crippen LogP contribution in [-0.2, 0) is 22.0 Å². The van der Waals surface area contributed by atoms with Crippen LogP contribution in [-0.4, -0.2) is 43.8 Å². The lowest BCUT2D eigenvalue weighted by molar-refractivity contribution is -0.118. The van der Waals surface area contributed by atoms with Crippen molar-refractivity contribution in [3.8, 4) is 11.4 Å². The fourth-order valence-electron chi connectivity index (χ4n) is 5.15. The van der Waals surface area contributed by atoms with Crippen molar-refractivity contribution in [3.63, 3.8) is 0 Å². The molecule has 0 bridgehead atoms. The number of ether oxygens (including phenoxy) is 1. The van der Waals surface area contributed by atoms with Gasteiger partial charge in [-0.3, -0.25) is 9.59 Å². The lowest BCUT2D eigenvalue weighted by Crippen LogP contribution is -2.24. The Hall–Kier alpha value is -3.98. The van der Waals surface area contributed by atoms with Crippen LogP contribution < -0.4 is 10.1 Å². The summed E-state index contributed by atoms with van der Waals surface area (Å²) in [6.45, 7) is 13.1. The summed E-state index contributed by atoms with van der Waals surface area (Å²) in [6.07, 6.45) is 2.47. The molecule has 1 aliphatic carbocycles. The number of benzene rings is 3. The van der Waals surface area contributed by atoms with Crippen LogP contribution in [0.15, 0.2) is 71.9 Å². The number of thioether (sulfide) groups is 1. The molecular weight excluding hydrogens is 558 g/mol. The molecule has 0 fully saturated rings. The molecular formula is C34H39N5O3S. The predicted octanol–water partition coefficient (Wildman–Crippen LogP) is 6.95. The van der Waals surface area contributed by atoms with Gasteiger partial charge in [0.2, 0.25) is 5.16 Å². The van der Waals surface area contributed by atoms with E-state index in [4.69, 9.17) is 4.74 Å². The second-order valence-electron chi connectivity index (χ2n) is 12.2. The van der Waals surface area contributed by atoms with Crippen LogP contribution in [0.3, 0.4) is 0 Å². The average molecular weight is 598 g/mol. The van der Waals surface area contributed by atoms with Gasteiger partial charge < -0.3 is 10.1 Å². The maximum Gasteiger partial charge on any atom is 0.262 e. The zero-order valence-corrected chi connectivity index (χ0v) is 26.5. The number of nitrogens with one attached hydrogen (secondary N) is 1. The number of para-hydroxylation sites is 1. The molecule has 8 nitrogen and oxygen atoms in total. The Balaban J connectivity index is 1.30. The van der Waals surface area contributed by atoms with Gasteiger partial charge in [0.25, 0.3) is 5.91 Å². The first kappa shape index (κ1) is 30.5. The Morgan fingerprint density at radius 1 is 1.00 bits per heavy atom. The first-order valence-electron chi connectivity index (χ1n) is 14.8. The lowest BCUT2D eigenvalue weighted by Gasteiger charge is -2.30. The minimum Gasteiger partial charge on any atom is -0.483 e. The number of carbonyl (C=O) groups is 2. The van der Waals surface area contributed by atoms with Crippen LogP contribution in [0.4, 0.5) is 5.69 Å². The molecule has 0 aliphatic heterocycles. The molecule has 1 N–H and O–H groups in total. The number of Topliss-reactive ketones (excluding diaryl/α,β-unsaturated/α-hetero) is 1. The van der Waals surface area contributed by atoms with E-state index in [2.05, 4.69) is 74.5 Å². The molecule has 4 aromatic rings. The van der Waals surface area contributed by atoms with E-state index in [0.29, 0.717) is 28.6 Å². The molecule has 1 aromatic heterocycles.